The number of aromatic nitrogens is 4. The molecule has 3 heterocycles. The minimum atomic E-state index is -0.0538. The Hall–Kier alpha value is -3.45. The predicted octanol–water partition coefficient (Wildman–Crippen LogP) is 5.15. The number of nitrogens with zero attached hydrogens (tertiary/aromatic N) is 5. The molecule has 0 saturated carbocycles. The maximum absolute atomic E-state index is 6.11. The van der Waals surface area contributed by atoms with E-state index in [0.29, 0.717) is 19.1 Å². The number of morpholine rings is 1. The van der Waals surface area contributed by atoms with E-state index in [1.54, 1.807) is 7.11 Å². The number of aryl methyl sites for hydroxylation is 2. The lowest BCUT2D eigenvalue weighted by Crippen LogP contribution is -2.39. The number of rotatable bonds is 5. The molecular weight excluding hydrogens is 450 g/mol. The Balaban J connectivity index is 1.49. The van der Waals surface area contributed by atoms with E-state index >= 15 is 0 Å². The summed E-state index contributed by atoms with van der Waals surface area (Å²) >= 11 is 0. The highest BCUT2D eigenvalue weighted by molar-refractivity contribution is 5.75. The first-order valence-corrected chi connectivity index (χ1v) is 12.5. The van der Waals surface area contributed by atoms with Crippen molar-refractivity contribution in [2.75, 3.05) is 31.7 Å². The van der Waals surface area contributed by atoms with Crippen LogP contribution >= 0.6 is 0 Å². The van der Waals surface area contributed by atoms with E-state index in [2.05, 4.69) is 67.9 Å². The van der Waals surface area contributed by atoms with Crippen LogP contribution in [0.25, 0.3) is 11.2 Å². The summed E-state index contributed by atoms with van der Waals surface area (Å²) in [6.07, 6.45) is 2.50. The van der Waals surface area contributed by atoms with Crippen LogP contribution < -0.4 is 9.64 Å². The molecule has 7 heteroatoms. The Morgan fingerprint density at radius 2 is 1.86 bits per heavy atom. The quantitative estimate of drug-likeness (QED) is 0.390. The Morgan fingerprint density at radius 1 is 1.08 bits per heavy atom. The molecule has 0 bridgehead atoms. The molecule has 0 N–H and O–H groups in total. The van der Waals surface area contributed by atoms with Crippen molar-refractivity contribution < 1.29 is 9.47 Å². The van der Waals surface area contributed by atoms with Gasteiger partial charge in [-0.1, -0.05) is 51.1 Å². The van der Waals surface area contributed by atoms with Crippen LogP contribution in [0, 0.1) is 6.92 Å². The summed E-state index contributed by atoms with van der Waals surface area (Å²) in [5, 5.41) is 0. The molecule has 1 unspecified atom stereocenters. The Labute approximate surface area is 213 Å². The number of hydrogen-bond acceptors (Lipinski definition) is 6. The Morgan fingerprint density at radius 3 is 2.58 bits per heavy atom. The van der Waals surface area contributed by atoms with Crippen LogP contribution in [0.1, 0.15) is 54.8 Å². The molecule has 1 aliphatic rings. The maximum Gasteiger partial charge on any atom is 0.227 e. The standard InChI is InChI=1S/C29H35N5O2/c1-19-7-10-22(29(2,3)4)15-21(19)16-24-26-27(30-18-33(26)5)32-28(31-24)34-13-14-36-25(17-34)20-8-11-23(35-6)12-9-20/h7-12,15,18,25H,13-14,16-17H2,1-6H3. The van der Waals surface area contributed by atoms with Gasteiger partial charge in [-0.05, 0) is 46.7 Å². The lowest BCUT2D eigenvalue weighted by molar-refractivity contribution is 0.0392. The number of anilines is 1. The third-order valence-corrected chi connectivity index (χ3v) is 7.04. The van der Waals surface area contributed by atoms with Crippen LogP contribution in [-0.2, 0) is 23.6 Å². The van der Waals surface area contributed by atoms with Gasteiger partial charge in [-0.2, -0.15) is 4.98 Å². The van der Waals surface area contributed by atoms with Crippen molar-refractivity contribution in [2.45, 2.75) is 45.6 Å². The SMILES string of the molecule is COc1ccc(C2CN(c3nc(Cc4cc(C(C)(C)C)ccc4C)c4c(ncn4C)n3)CCO2)cc1. The van der Waals surface area contributed by atoms with E-state index in [-0.39, 0.29) is 11.5 Å². The van der Waals surface area contributed by atoms with Gasteiger partial charge in [0.15, 0.2) is 5.65 Å². The second kappa shape index (κ2) is 9.54. The summed E-state index contributed by atoms with van der Waals surface area (Å²) < 4.78 is 13.4. The first-order chi connectivity index (χ1) is 17.2. The summed E-state index contributed by atoms with van der Waals surface area (Å²) in [4.78, 5) is 16.8. The van der Waals surface area contributed by atoms with Gasteiger partial charge in [0.25, 0.3) is 0 Å². The van der Waals surface area contributed by atoms with Crippen LogP contribution in [-0.4, -0.2) is 46.3 Å². The van der Waals surface area contributed by atoms with Crippen LogP contribution in [0.15, 0.2) is 48.8 Å². The van der Waals surface area contributed by atoms with Gasteiger partial charge < -0.3 is 18.9 Å². The van der Waals surface area contributed by atoms with Gasteiger partial charge in [-0.15, -0.1) is 0 Å². The van der Waals surface area contributed by atoms with E-state index in [1.807, 2.05) is 30.1 Å². The van der Waals surface area contributed by atoms with Crippen molar-refractivity contribution in [3.63, 3.8) is 0 Å². The molecule has 0 aliphatic carbocycles. The van der Waals surface area contributed by atoms with Crippen molar-refractivity contribution in [2.24, 2.45) is 7.05 Å². The van der Waals surface area contributed by atoms with E-state index in [1.165, 1.54) is 16.7 Å². The summed E-state index contributed by atoms with van der Waals surface area (Å²) in [5.74, 6) is 1.55. The molecule has 7 nitrogen and oxygen atoms in total. The first kappa shape index (κ1) is 24.3. The Bertz CT molecular complexity index is 1370. The fourth-order valence-electron chi connectivity index (χ4n) is 4.75. The summed E-state index contributed by atoms with van der Waals surface area (Å²) in [7, 11) is 3.69. The van der Waals surface area contributed by atoms with Crippen LogP contribution in [0.3, 0.4) is 0 Å². The van der Waals surface area contributed by atoms with Gasteiger partial charge >= 0.3 is 0 Å². The minimum Gasteiger partial charge on any atom is -0.497 e. The zero-order valence-corrected chi connectivity index (χ0v) is 22.1. The fourth-order valence-corrected chi connectivity index (χ4v) is 4.75. The Kier molecular flexibility index (Phi) is 6.43. The maximum atomic E-state index is 6.11. The highest BCUT2D eigenvalue weighted by Crippen LogP contribution is 2.30. The summed E-state index contributed by atoms with van der Waals surface area (Å²) in [6, 6.07) is 14.9. The number of hydrogen-bond donors (Lipinski definition) is 0. The van der Waals surface area contributed by atoms with Crippen molar-refractivity contribution in [1.82, 2.24) is 19.5 Å². The van der Waals surface area contributed by atoms with Crippen molar-refractivity contribution >= 4 is 17.1 Å². The molecule has 1 aliphatic heterocycles. The van der Waals surface area contributed by atoms with Crippen LogP contribution in [0.4, 0.5) is 5.95 Å². The summed E-state index contributed by atoms with van der Waals surface area (Å²) in [6.45, 7) is 11.0. The van der Waals surface area contributed by atoms with Crippen LogP contribution in [0.2, 0.25) is 0 Å². The molecule has 188 valence electrons. The van der Waals surface area contributed by atoms with Gasteiger partial charge in [0, 0.05) is 20.0 Å². The van der Waals surface area contributed by atoms with Crippen molar-refractivity contribution in [1.29, 1.82) is 0 Å². The third-order valence-electron chi connectivity index (χ3n) is 7.04. The average Bonchev–Trinajstić information content (AvgIpc) is 3.25. The number of fused-ring (bicyclic) bond motifs is 1. The number of imidazole rings is 1. The monoisotopic (exact) mass is 485 g/mol. The lowest BCUT2D eigenvalue weighted by Gasteiger charge is -2.33. The van der Waals surface area contributed by atoms with E-state index in [0.717, 1.165) is 41.1 Å². The first-order valence-electron chi connectivity index (χ1n) is 12.5. The fraction of sp³-hybridized carbons (Fsp3) is 0.414. The van der Waals surface area contributed by atoms with Gasteiger partial charge in [0.05, 0.1) is 32.3 Å². The molecule has 0 spiro atoms. The molecule has 0 amide bonds. The highest BCUT2D eigenvalue weighted by atomic mass is 16.5. The number of benzene rings is 2. The molecule has 0 radical (unpaired) electrons. The number of ether oxygens (including phenoxy) is 2. The zero-order valence-electron chi connectivity index (χ0n) is 22.1. The minimum absolute atomic E-state index is 0.0538. The molecule has 2 aromatic carbocycles. The van der Waals surface area contributed by atoms with Gasteiger partial charge in [-0.3, -0.25) is 0 Å². The molecule has 36 heavy (non-hydrogen) atoms. The molecule has 5 rings (SSSR count). The average molecular weight is 486 g/mol. The summed E-state index contributed by atoms with van der Waals surface area (Å²) in [5.41, 5.74) is 7.80. The van der Waals surface area contributed by atoms with Crippen molar-refractivity contribution in [3.05, 3.63) is 76.7 Å². The smallest absolute Gasteiger partial charge is 0.227 e. The molecule has 1 saturated heterocycles. The zero-order chi connectivity index (χ0) is 25.4. The van der Waals surface area contributed by atoms with Gasteiger partial charge in [-0.25, -0.2) is 9.97 Å². The third kappa shape index (κ3) is 4.80. The van der Waals surface area contributed by atoms with Crippen LogP contribution in [0.5, 0.6) is 5.75 Å². The van der Waals surface area contributed by atoms with Gasteiger partial charge in [0.2, 0.25) is 5.95 Å². The molecule has 4 aromatic rings. The van der Waals surface area contributed by atoms with E-state index in [4.69, 9.17) is 19.4 Å². The second-order valence-corrected chi connectivity index (χ2v) is 10.6. The second-order valence-electron chi connectivity index (χ2n) is 10.6. The predicted molar refractivity (Wildman–Crippen MR) is 143 cm³/mol. The lowest BCUT2D eigenvalue weighted by atomic mass is 9.84. The van der Waals surface area contributed by atoms with E-state index in [9.17, 15) is 0 Å². The largest absolute Gasteiger partial charge is 0.497 e. The molecule has 1 atom stereocenters. The molecule has 2 aromatic heterocycles. The highest BCUT2D eigenvalue weighted by Gasteiger charge is 2.26. The molecule has 1 fully saturated rings. The van der Waals surface area contributed by atoms with Gasteiger partial charge in [0.1, 0.15) is 17.4 Å². The molecular formula is C29H35N5O2. The van der Waals surface area contributed by atoms with Crippen molar-refractivity contribution in [3.8, 4) is 5.75 Å². The van der Waals surface area contributed by atoms with E-state index < -0.39 is 0 Å². The normalized spacial score (nSPS) is 16.5. The topological polar surface area (TPSA) is 65.3 Å². The number of methoxy groups -OCH3 is 1.